The van der Waals surface area contributed by atoms with Gasteiger partial charge in [-0.3, -0.25) is 0 Å². The van der Waals surface area contributed by atoms with Crippen LogP contribution in [0.4, 0.5) is 0 Å². The molecular formula is C8H14O7. The number of hydrogen-bond acceptors (Lipinski definition) is 5. The van der Waals surface area contributed by atoms with E-state index < -0.39 is 24.1 Å². The molecule has 2 unspecified atom stereocenters. The van der Waals surface area contributed by atoms with Gasteiger partial charge in [-0.25, -0.2) is 9.59 Å². The number of hydrogen-bond donors (Lipinski definition) is 5. The van der Waals surface area contributed by atoms with Gasteiger partial charge in [0.25, 0.3) is 0 Å². The van der Waals surface area contributed by atoms with E-state index in [-0.39, 0.29) is 6.61 Å². The van der Waals surface area contributed by atoms with Crippen LogP contribution in [0.1, 0.15) is 6.92 Å². The number of carboxylic acids is 2. The van der Waals surface area contributed by atoms with Crippen LogP contribution in [0.15, 0.2) is 12.2 Å². The smallest absolute Gasteiger partial charge is 0.328 e. The maximum Gasteiger partial charge on any atom is 0.328 e. The van der Waals surface area contributed by atoms with Crippen molar-refractivity contribution in [3.05, 3.63) is 12.2 Å². The first-order valence-electron chi connectivity index (χ1n) is 3.92. The lowest BCUT2D eigenvalue weighted by molar-refractivity contribution is -0.134. The van der Waals surface area contributed by atoms with Crippen LogP contribution < -0.4 is 0 Å². The van der Waals surface area contributed by atoms with Crippen LogP contribution in [0, 0.1) is 0 Å². The van der Waals surface area contributed by atoms with E-state index in [1.807, 2.05) is 0 Å². The normalized spacial score (nSPS) is 13.9. The number of aliphatic carboxylic acids is 2. The summed E-state index contributed by atoms with van der Waals surface area (Å²) in [6, 6.07) is 0. The Bertz CT molecular complexity index is 205. The van der Waals surface area contributed by atoms with E-state index in [1.54, 1.807) is 0 Å². The second-order valence-corrected chi connectivity index (χ2v) is 2.50. The highest BCUT2D eigenvalue weighted by Crippen LogP contribution is 1.87. The van der Waals surface area contributed by atoms with Crippen LogP contribution in [0.3, 0.4) is 0 Å². The molecule has 88 valence electrons. The molecule has 0 rings (SSSR count). The van der Waals surface area contributed by atoms with Crippen molar-refractivity contribution in [2.24, 2.45) is 0 Å². The van der Waals surface area contributed by atoms with E-state index in [9.17, 15) is 9.59 Å². The molecule has 0 aromatic carbocycles. The molecule has 0 aliphatic carbocycles. The first-order valence-corrected chi connectivity index (χ1v) is 3.92. The molecule has 0 amide bonds. The Balaban J connectivity index is 0. The monoisotopic (exact) mass is 222 g/mol. The highest BCUT2D eigenvalue weighted by atomic mass is 16.4. The SMILES string of the molecule is CC(O)C(O)CO.O=C(O)C=CC(=O)O. The van der Waals surface area contributed by atoms with Crippen LogP contribution in [-0.2, 0) is 9.59 Å². The molecule has 0 saturated carbocycles. The second kappa shape index (κ2) is 9.13. The number of rotatable bonds is 4. The van der Waals surface area contributed by atoms with Crippen LogP contribution in [0.5, 0.6) is 0 Å². The van der Waals surface area contributed by atoms with E-state index in [0.29, 0.717) is 12.2 Å². The van der Waals surface area contributed by atoms with Crippen molar-refractivity contribution in [1.29, 1.82) is 0 Å². The average Bonchev–Trinajstić information content (AvgIpc) is 2.14. The topological polar surface area (TPSA) is 135 Å². The first-order chi connectivity index (χ1) is 6.81. The third kappa shape index (κ3) is 15.3. The van der Waals surface area contributed by atoms with Crippen molar-refractivity contribution in [2.75, 3.05) is 6.61 Å². The predicted octanol–water partition coefficient (Wildman–Crippen LogP) is -1.57. The van der Waals surface area contributed by atoms with Gasteiger partial charge in [0.2, 0.25) is 0 Å². The van der Waals surface area contributed by atoms with E-state index in [4.69, 9.17) is 25.5 Å². The Labute approximate surface area is 85.9 Å². The van der Waals surface area contributed by atoms with Gasteiger partial charge in [0.15, 0.2) is 0 Å². The molecular weight excluding hydrogens is 208 g/mol. The number of carboxylic acid groups (broad SMARTS) is 2. The summed E-state index contributed by atoms with van der Waals surface area (Å²) in [7, 11) is 0. The molecule has 0 heterocycles. The fraction of sp³-hybridized carbons (Fsp3) is 0.500. The fourth-order valence-electron chi connectivity index (χ4n) is 0.295. The molecule has 0 bridgehead atoms. The van der Waals surface area contributed by atoms with Crippen molar-refractivity contribution in [3.63, 3.8) is 0 Å². The van der Waals surface area contributed by atoms with E-state index in [2.05, 4.69) is 0 Å². The fourth-order valence-corrected chi connectivity index (χ4v) is 0.295. The van der Waals surface area contributed by atoms with Crippen LogP contribution in [0.2, 0.25) is 0 Å². The van der Waals surface area contributed by atoms with Crippen molar-refractivity contribution < 1.29 is 35.1 Å². The van der Waals surface area contributed by atoms with Gasteiger partial charge in [0, 0.05) is 12.2 Å². The Morgan fingerprint density at radius 2 is 1.47 bits per heavy atom. The molecule has 0 saturated heterocycles. The minimum atomic E-state index is -1.26. The third-order valence-corrected chi connectivity index (χ3v) is 1.11. The van der Waals surface area contributed by atoms with E-state index >= 15 is 0 Å². The van der Waals surface area contributed by atoms with Crippen LogP contribution >= 0.6 is 0 Å². The molecule has 0 aliphatic rings. The van der Waals surface area contributed by atoms with E-state index in [0.717, 1.165) is 0 Å². The number of aliphatic hydroxyl groups excluding tert-OH is 3. The summed E-state index contributed by atoms with van der Waals surface area (Å²) < 4.78 is 0. The molecule has 0 aliphatic heterocycles. The van der Waals surface area contributed by atoms with Gasteiger partial charge in [-0.05, 0) is 6.92 Å². The molecule has 7 nitrogen and oxygen atoms in total. The lowest BCUT2D eigenvalue weighted by Gasteiger charge is -2.07. The predicted molar refractivity (Wildman–Crippen MR) is 49.2 cm³/mol. The summed E-state index contributed by atoms with van der Waals surface area (Å²) in [4.78, 5) is 19.1. The zero-order chi connectivity index (χ0) is 12.4. The molecule has 0 radical (unpaired) electrons. The first kappa shape index (κ1) is 16.0. The summed E-state index contributed by atoms with van der Waals surface area (Å²) in [5.74, 6) is -2.51. The molecule has 15 heavy (non-hydrogen) atoms. The zero-order valence-electron chi connectivity index (χ0n) is 8.07. The Kier molecular flexibility index (Phi) is 9.74. The Morgan fingerprint density at radius 1 is 1.13 bits per heavy atom. The molecule has 7 heteroatoms. The van der Waals surface area contributed by atoms with Gasteiger partial charge >= 0.3 is 11.9 Å². The molecule has 5 N–H and O–H groups in total. The third-order valence-electron chi connectivity index (χ3n) is 1.11. The van der Waals surface area contributed by atoms with Crippen LogP contribution in [-0.4, -0.2) is 56.3 Å². The van der Waals surface area contributed by atoms with Crippen molar-refractivity contribution >= 4 is 11.9 Å². The zero-order valence-corrected chi connectivity index (χ0v) is 8.07. The minimum Gasteiger partial charge on any atom is -0.478 e. The standard InChI is InChI=1S/C4H4O4.C4H10O3/c5-3(6)1-2-4(7)8;1-3(6)4(7)2-5/h1-2H,(H,5,6)(H,7,8);3-7H,2H2,1H3. The average molecular weight is 222 g/mol. The summed E-state index contributed by atoms with van der Waals surface area (Å²) in [6.07, 6.45) is -0.699. The molecule has 0 aromatic rings. The van der Waals surface area contributed by atoms with Gasteiger partial charge < -0.3 is 25.5 Å². The molecule has 2 atom stereocenters. The summed E-state index contributed by atoms with van der Waals surface area (Å²) in [6.45, 7) is 1.04. The quantitative estimate of drug-likeness (QED) is 0.362. The van der Waals surface area contributed by atoms with Crippen molar-refractivity contribution in [2.45, 2.75) is 19.1 Å². The van der Waals surface area contributed by atoms with Gasteiger partial charge in [-0.15, -0.1) is 0 Å². The highest BCUT2D eigenvalue weighted by Gasteiger charge is 2.06. The Hall–Kier alpha value is -1.44. The highest BCUT2D eigenvalue weighted by molar-refractivity contribution is 5.89. The second-order valence-electron chi connectivity index (χ2n) is 2.50. The van der Waals surface area contributed by atoms with Gasteiger partial charge in [-0.1, -0.05) is 0 Å². The van der Waals surface area contributed by atoms with Crippen molar-refractivity contribution in [3.8, 4) is 0 Å². The molecule has 0 fully saturated rings. The van der Waals surface area contributed by atoms with Crippen LogP contribution in [0.25, 0.3) is 0 Å². The summed E-state index contributed by atoms with van der Waals surface area (Å²) in [5.41, 5.74) is 0. The molecule has 0 aromatic heterocycles. The summed E-state index contributed by atoms with van der Waals surface area (Å²) >= 11 is 0. The number of carbonyl (C=O) groups is 2. The van der Waals surface area contributed by atoms with E-state index in [1.165, 1.54) is 6.92 Å². The van der Waals surface area contributed by atoms with Gasteiger partial charge in [-0.2, -0.15) is 0 Å². The van der Waals surface area contributed by atoms with Gasteiger partial charge in [0.05, 0.1) is 12.7 Å². The number of aliphatic hydroxyl groups is 3. The molecule has 0 spiro atoms. The largest absolute Gasteiger partial charge is 0.478 e. The van der Waals surface area contributed by atoms with Crippen molar-refractivity contribution in [1.82, 2.24) is 0 Å². The minimum absolute atomic E-state index is 0.377. The lowest BCUT2D eigenvalue weighted by atomic mass is 10.2. The maximum absolute atomic E-state index is 9.55. The maximum atomic E-state index is 9.55. The lowest BCUT2D eigenvalue weighted by Crippen LogP contribution is -2.25. The Morgan fingerprint density at radius 3 is 1.53 bits per heavy atom. The van der Waals surface area contributed by atoms with Gasteiger partial charge in [0.1, 0.15) is 6.10 Å². The summed E-state index contributed by atoms with van der Waals surface area (Å²) in [5, 5.41) is 40.6.